The number of ketones is 1. The normalized spacial score (nSPS) is 18.2. The summed E-state index contributed by atoms with van der Waals surface area (Å²) in [5.41, 5.74) is -1.91. The summed E-state index contributed by atoms with van der Waals surface area (Å²) in [6.45, 7) is 0. The number of carbonyl (C=O) groups excluding carboxylic acids is 1. The van der Waals surface area contributed by atoms with Crippen LogP contribution < -0.4 is 0 Å². The molecule has 4 saturated carbocycles. The summed E-state index contributed by atoms with van der Waals surface area (Å²) >= 11 is 0. The fraction of sp³-hybridized carbons (Fsp3) is 0.891. The van der Waals surface area contributed by atoms with Crippen molar-refractivity contribution in [1.29, 1.82) is 0 Å². The number of carboxylic acid groups (broad SMARTS) is 4. The molecule has 0 aromatic carbocycles. The van der Waals surface area contributed by atoms with E-state index in [-0.39, 0.29) is 6.10 Å². The molecule has 0 aromatic heterocycles. The average molecular weight is 910 g/mol. The molecule has 4 rings (SSSR count). The van der Waals surface area contributed by atoms with Crippen LogP contribution in [-0.4, -0.2) is 142 Å². The third-order valence-electron chi connectivity index (χ3n) is 15.3. The number of Topliss-reactive ketones (excluding diaryl/α,β-unsaturated/α-hetero) is 1. The van der Waals surface area contributed by atoms with Crippen LogP contribution in [0.15, 0.2) is 0 Å². The van der Waals surface area contributed by atoms with Crippen molar-refractivity contribution in [2.75, 3.05) is 0 Å². The standard InChI is InChI=1S/C23H40O5.C23H38O5.B6.B5/c2*24-19(11-3-1-5-13-22(20(25)26)15-7-8-16-22)12-4-2-6-14-23(21(27)28)17-9-10-18-23;1-5(2)6(3)4;1-4-5(2)3/h19,24H,1-18H2,(H,25,26)(H,27,28);1-18H2,(H,25,26)(H,27,28);;. The zero-order valence-corrected chi connectivity index (χ0v) is 41.2. The maximum absolute atomic E-state index is 12.0. The molecule has 5 N–H and O–H groups in total. The van der Waals surface area contributed by atoms with Crippen LogP contribution in [-0.2, 0) is 24.0 Å². The Bertz CT molecular complexity index is 1300. The first kappa shape index (κ1) is 63.2. The molecule has 67 heavy (non-hydrogen) atoms. The minimum atomic E-state index is -0.636. The first-order valence-electron chi connectivity index (χ1n) is 25.9. The van der Waals surface area contributed by atoms with Crippen LogP contribution in [0.2, 0.25) is 0 Å². The van der Waals surface area contributed by atoms with E-state index in [0.29, 0.717) is 18.6 Å². The van der Waals surface area contributed by atoms with Gasteiger partial charge in [0.15, 0.2) is 0 Å². The summed E-state index contributed by atoms with van der Waals surface area (Å²) in [6, 6.07) is 0. The van der Waals surface area contributed by atoms with Gasteiger partial charge in [0, 0.05) is 93.2 Å². The van der Waals surface area contributed by atoms with Crippen molar-refractivity contribution >= 4 is 110 Å². The Morgan fingerprint density at radius 3 is 0.836 bits per heavy atom. The molecular weight excluding hydrogens is 831 g/mol. The highest BCUT2D eigenvalue weighted by Crippen LogP contribution is 2.45. The smallest absolute Gasteiger partial charge is 0.309 e. The van der Waals surface area contributed by atoms with E-state index in [1.54, 1.807) is 0 Å². The van der Waals surface area contributed by atoms with E-state index < -0.39 is 64.7 Å². The predicted molar refractivity (Wildman–Crippen MR) is 281 cm³/mol. The number of unbranched alkanes of at least 4 members (excludes halogenated alkanes) is 8. The molecule has 0 bridgehead atoms. The molecule has 0 aliphatic heterocycles. The van der Waals surface area contributed by atoms with Crippen LogP contribution in [0.3, 0.4) is 0 Å². The molecule has 0 atom stereocenters. The molecule has 0 amide bonds. The average Bonchev–Trinajstić information content (AvgIpc) is 4.13. The SMILES string of the molecule is O=C(CCCCCC1(C(=O)O)CCCC1)CCCCCC1(C(=O)O)CCCC1.O=C(O)C1(CCCCCC(O)CCCCCC2(C(=O)O)CCCC2)CCCC1.[B]B([B])B([B])[B].[B][B]B([B])[B]. The first-order valence-corrected chi connectivity index (χ1v) is 25.9. The highest BCUT2D eigenvalue weighted by atomic mass is 16.4. The van der Waals surface area contributed by atoms with Crippen LogP contribution in [0.25, 0.3) is 0 Å². The Kier molecular flexibility index (Phi) is 32.6. The number of carbonyl (C=O) groups is 5. The van der Waals surface area contributed by atoms with Crippen LogP contribution in [0, 0.1) is 21.7 Å². The van der Waals surface area contributed by atoms with Crippen molar-refractivity contribution in [3.8, 4) is 0 Å². The maximum Gasteiger partial charge on any atom is 0.309 e. The summed E-state index contributed by atoms with van der Waals surface area (Å²) in [4.78, 5) is 58.2. The highest BCUT2D eigenvalue weighted by Gasteiger charge is 2.43. The quantitative estimate of drug-likeness (QED) is 0.0368. The van der Waals surface area contributed by atoms with Gasteiger partial charge < -0.3 is 25.5 Å². The van der Waals surface area contributed by atoms with Gasteiger partial charge in [0.2, 0.25) is 0 Å². The predicted octanol–water partition coefficient (Wildman–Crippen LogP) is 7.10. The molecule has 0 heterocycles. The lowest BCUT2D eigenvalue weighted by Gasteiger charge is -2.23. The fourth-order valence-electron chi connectivity index (χ4n) is 10.7. The minimum absolute atomic E-state index is 0.278. The number of aliphatic carboxylic acids is 4. The van der Waals surface area contributed by atoms with Crippen LogP contribution >= 0.6 is 0 Å². The Labute approximate surface area is 416 Å². The Morgan fingerprint density at radius 1 is 0.418 bits per heavy atom. The summed E-state index contributed by atoms with van der Waals surface area (Å²) in [7, 11) is 35.6. The van der Waals surface area contributed by atoms with Crippen molar-refractivity contribution in [3.63, 3.8) is 0 Å². The second-order valence-electron chi connectivity index (χ2n) is 20.6. The zero-order valence-electron chi connectivity index (χ0n) is 41.2. The summed E-state index contributed by atoms with van der Waals surface area (Å²) in [5, 5.41) is 48.1. The van der Waals surface area contributed by atoms with Crippen LogP contribution in [0.1, 0.15) is 231 Å². The van der Waals surface area contributed by atoms with Crippen LogP contribution in [0.5, 0.6) is 0 Å². The Hall–Kier alpha value is -1.78. The number of aliphatic hydroxyl groups is 1. The van der Waals surface area contributed by atoms with Gasteiger partial charge in [-0.3, -0.25) is 24.0 Å². The molecule has 0 saturated heterocycles. The van der Waals surface area contributed by atoms with Crippen molar-refractivity contribution in [2.45, 2.75) is 237 Å². The van der Waals surface area contributed by atoms with Gasteiger partial charge >= 0.3 is 23.9 Å². The lowest BCUT2D eigenvalue weighted by atomic mass is 8.81. The second-order valence-corrected chi connectivity index (χ2v) is 20.6. The number of rotatable bonds is 30. The largest absolute Gasteiger partial charge is 0.481 e. The topological polar surface area (TPSA) is 186 Å². The molecule has 10 nitrogen and oxygen atoms in total. The van der Waals surface area contributed by atoms with Gasteiger partial charge in [-0.05, 0) is 103 Å². The maximum atomic E-state index is 12.0. The van der Waals surface area contributed by atoms with Crippen molar-refractivity contribution in [1.82, 2.24) is 0 Å². The summed E-state index contributed by atoms with van der Waals surface area (Å²) in [6.07, 6.45) is 29.9. The molecule has 0 unspecified atom stereocenters. The zero-order chi connectivity index (χ0) is 50.4. The van der Waals surface area contributed by atoms with Crippen molar-refractivity contribution < 1.29 is 49.5 Å². The molecule has 4 aliphatic rings. The number of aliphatic hydroxyl groups excluding tert-OH is 1. The molecule has 21 heteroatoms. The van der Waals surface area contributed by atoms with Gasteiger partial charge in [-0.1, -0.05) is 116 Å². The van der Waals surface area contributed by atoms with E-state index in [1.165, 1.54) is 7.06 Å². The lowest BCUT2D eigenvalue weighted by Crippen LogP contribution is -2.38. The van der Waals surface area contributed by atoms with Gasteiger partial charge in [-0.15, -0.1) is 0 Å². The summed E-state index contributed by atoms with van der Waals surface area (Å²) in [5.74, 6) is -2.21. The third-order valence-corrected chi connectivity index (χ3v) is 15.3. The van der Waals surface area contributed by atoms with Crippen molar-refractivity contribution in [3.05, 3.63) is 0 Å². The first-order chi connectivity index (χ1) is 31.7. The number of carboxylic acids is 4. The molecular formula is C46H78B11O10. The molecule has 0 aromatic rings. The molecule has 4 fully saturated rings. The Balaban J connectivity index is 0.000000547. The van der Waals surface area contributed by atoms with E-state index in [0.717, 1.165) is 218 Å². The van der Waals surface area contributed by atoms with E-state index in [2.05, 4.69) is 0 Å². The highest BCUT2D eigenvalue weighted by molar-refractivity contribution is 7.76. The molecule has 4 aliphatic carbocycles. The fourth-order valence-corrected chi connectivity index (χ4v) is 10.7. The van der Waals surface area contributed by atoms with Gasteiger partial charge in [0.25, 0.3) is 0 Å². The number of hydrogen-bond acceptors (Lipinski definition) is 6. The van der Waals surface area contributed by atoms with E-state index in [4.69, 9.17) is 54.2 Å². The van der Waals surface area contributed by atoms with Gasteiger partial charge in [-0.25, -0.2) is 0 Å². The van der Waals surface area contributed by atoms with Crippen LogP contribution in [0.4, 0.5) is 0 Å². The van der Waals surface area contributed by atoms with E-state index in [1.807, 2.05) is 0 Å². The number of hydrogen-bond donors (Lipinski definition) is 5. The Morgan fingerprint density at radius 2 is 0.642 bits per heavy atom. The van der Waals surface area contributed by atoms with E-state index in [9.17, 15) is 49.5 Å². The van der Waals surface area contributed by atoms with E-state index >= 15 is 0 Å². The molecule has 15 radical (unpaired) electrons. The van der Waals surface area contributed by atoms with Gasteiger partial charge in [0.1, 0.15) is 5.78 Å². The monoisotopic (exact) mass is 912 g/mol. The lowest BCUT2D eigenvalue weighted by molar-refractivity contribution is -0.150. The summed E-state index contributed by atoms with van der Waals surface area (Å²) < 4.78 is 0. The van der Waals surface area contributed by atoms with Gasteiger partial charge in [-0.2, -0.15) is 0 Å². The molecule has 355 valence electrons. The third kappa shape index (κ3) is 24.8. The minimum Gasteiger partial charge on any atom is -0.481 e. The second kappa shape index (κ2) is 34.5. The molecule has 0 spiro atoms. The van der Waals surface area contributed by atoms with Crippen molar-refractivity contribution in [2.24, 2.45) is 21.7 Å². The van der Waals surface area contributed by atoms with Gasteiger partial charge in [0.05, 0.1) is 27.8 Å².